The first kappa shape index (κ1) is 17.5. The summed E-state index contributed by atoms with van der Waals surface area (Å²) in [7, 11) is 0.199. The monoisotopic (exact) mass is 358 g/mol. The molecule has 0 radical (unpaired) electrons. The third kappa shape index (κ3) is 3.37. The summed E-state index contributed by atoms with van der Waals surface area (Å²) in [4.78, 5) is 31.8. The zero-order chi connectivity index (χ0) is 17.5. The number of hydrogen-bond acceptors (Lipinski definition) is 5. The second-order valence-corrected chi connectivity index (χ2v) is 9.29. The van der Waals surface area contributed by atoms with Crippen molar-refractivity contribution in [2.75, 3.05) is 58.3 Å². The fourth-order valence-corrected chi connectivity index (χ4v) is 5.88. The van der Waals surface area contributed by atoms with Gasteiger partial charge < -0.3 is 14.7 Å². The average molecular weight is 358 g/mol. The minimum absolute atomic E-state index is 0.00387. The Labute approximate surface area is 143 Å². The van der Waals surface area contributed by atoms with E-state index in [0.717, 1.165) is 25.9 Å². The molecule has 0 N–H and O–H groups in total. The third-order valence-corrected chi connectivity index (χ3v) is 6.95. The van der Waals surface area contributed by atoms with E-state index in [1.54, 1.807) is 19.0 Å². The van der Waals surface area contributed by atoms with Crippen molar-refractivity contribution in [1.82, 2.24) is 19.6 Å². The Morgan fingerprint density at radius 2 is 1.62 bits per heavy atom. The predicted molar refractivity (Wildman–Crippen MR) is 89.4 cm³/mol. The maximum absolute atomic E-state index is 12.8. The normalized spacial score (nSPS) is 29.6. The molecule has 0 aromatic carbocycles. The molecule has 0 spiro atoms. The van der Waals surface area contributed by atoms with Gasteiger partial charge in [-0.3, -0.25) is 9.69 Å². The third-order valence-electron chi connectivity index (χ3n) is 5.25. The molecule has 0 aromatic heterocycles. The van der Waals surface area contributed by atoms with Gasteiger partial charge in [-0.1, -0.05) is 0 Å². The molecule has 136 valence electrons. The van der Waals surface area contributed by atoms with E-state index in [4.69, 9.17) is 0 Å². The van der Waals surface area contributed by atoms with Crippen LogP contribution in [0.3, 0.4) is 0 Å². The van der Waals surface area contributed by atoms with Crippen LogP contribution in [-0.4, -0.2) is 110 Å². The lowest BCUT2D eigenvalue weighted by atomic mass is 10.0. The summed E-state index contributed by atoms with van der Waals surface area (Å²) in [5.41, 5.74) is 0. The summed E-state index contributed by atoms with van der Waals surface area (Å²) in [6.07, 6.45) is 2.02. The van der Waals surface area contributed by atoms with Gasteiger partial charge in [0.05, 0.1) is 24.1 Å². The molecule has 9 heteroatoms. The highest BCUT2D eigenvalue weighted by Crippen LogP contribution is 2.28. The molecule has 3 heterocycles. The molecule has 3 saturated heterocycles. The number of rotatable bonds is 2. The van der Waals surface area contributed by atoms with Gasteiger partial charge in [0, 0.05) is 46.3 Å². The smallest absolute Gasteiger partial charge is 0.320 e. The zero-order valence-corrected chi connectivity index (χ0v) is 15.2. The Kier molecular flexibility index (Phi) is 4.74. The van der Waals surface area contributed by atoms with Crippen LogP contribution >= 0.6 is 0 Å². The summed E-state index contributed by atoms with van der Waals surface area (Å²) >= 11 is 0. The predicted octanol–water partition coefficient (Wildman–Crippen LogP) is -0.926. The molecule has 0 aromatic rings. The van der Waals surface area contributed by atoms with Gasteiger partial charge in [-0.25, -0.2) is 13.2 Å². The summed E-state index contributed by atoms with van der Waals surface area (Å²) in [6, 6.07) is -0.663. The Morgan fingerprint density at radius 3 is 2.25 bits per heavy atom. The van der Waals surface area contributed by atoms with Gasteiger partial charge >= 0.3 is 6.03 Å². The van der Waals surface area contributed by atoms with Gasteiger partial charge in [0.15, 0.2) is 9.84 Å². The zero-order valence-electron chi connectivity index (χ0n) is 14.3. The summed E-state index contributed by atoms with van der Waals surface area (Å²) in [5.74, 6) is -0.0103. The number of nitrogens with zero attached hydrogens (tertiary/aromatic N) is 4. The first-order chi connectivity index (χ1) is 11.3. The van der Waals surface area contributed by atoms with Crippen molar-refractivity contribution in [3.8, 4) is 0 Å². The lowest BCUT2D eigenvalue weighted by molar-refractivity contribution is -0.131. The van der Waals surface area contributed by atoms with E-state index >= 15 is 0 Å². The van der Waals surface area contributed by atoms with Gasteiger partial charge in [0.2, 0.25) is 5.91 Å². The Bertz CT molecular complexity index is 615. The Balaban J connectivity index is 1.77. The van der Waals surface area contributed by atoms with Crippen molar-refractivity contribution in [2.24, 2.45) is 0 Å². The van der Waals surface area contributed by atoms with Crippen molar-refractivity contribution in [2.45, 2.75) is 24.9 Å². The quantitative estimate of drug-likeness (QED) is 0.637. The van der Waals surface area contributed by atoms with E-state index in [9.17, 15) is 18.0 Å². The van der Waals surface area contributed by atoms with Gasteiger partial charge in [-0.05, 0) is 12.8 Å². The summed E-state index contributed by atoms with van der Waals surface area (Å²) in [6.45, 7) is 2.72. The lowest BCUT2D eigenvalue weighted by Crippen LogP contribution is -2.63. The van der Waals surface area contributed by atoms with Crippen LogP contribution in [0.25, 0.3) is 0 Å². The summed E-state index contributed by atoms with van der Waals surface area (Å²) < 4.78 is 24.4. The molecule has 3 rings (SSSR count). The van der Waals surface area contributed by atoms with E-state index in [1.807, 2.05) is 9.80 Å². The number of sulfone groups is 1. The summed E-state index contributed by atoms with van der Waals surface area (Å²) in [5, 5.41) is 0. The molecule has 0 bridgehead atoms. The van der Waals surface area contributed by atoms with Crippen LogP contribution < -0.4 is 0 Å². The highest BCUT2D eigenvalue weighted by Gasteiger charge is 2.49. The highest BCUT2D eigenvalue weighted by molar-refractivity contribution is 7.91. The van der Waals surface area contributed by atoms with E-state index in [2.05, 4.69) is 0 Å². The second-order valence-electron chi connectivity index (χ2n) is 7.14. The van der Waals surface area contributed by atoms with Crippen LogP contribution in [-0.2, 0) is 14.6 Å². The standard InChI is InChI=1S/C15H26N4O4S/c1-16(2)14(20)9-18-7-8-19(15(21)17-5-3-4-6-17)13-11-24(22,23)10-12(13)18/h12-13H,3-11H2,1-2H3/t12-,13+/m1/s1. The number of likely N-dealkylation sites (N-methyl/N-ethyl adjacent to an activating group) is 1. The SMILES string of the molecule is CN(C)C(=O)CN1CCN(C(=O)N2CCCC2)[C@H]2CS(=O)(=O)C[C@H]21. The molecule has 3 amide bonds. The van der Waals surface area contributed by atoms with Crippen LogP contribution in [0.4, 0.5) is 4.79 Å². The van der Waals surface area contributed by atoms with Crippen LogP contribution in [0.2, 0.25) is 0 Å². The van der Waals surface area contributed by atoms with Gasteiger partial charge in [0.25, 0.3) is 0 Å². The average Bonchev–Trinajstić information content (AvgIpc) is 3.13. The molecule has 0 aliphatic carbocycles. The maximum atomic E-state index is 12.8. The van der Waals surface area contributed by atoms with Crippen molar-refractivity contribution < 1.29 is 18.0 Å². The number of fused-ring (bicyclic) bond motifs is 1. The van der Waals surface area contributed by atoms with Gasteiger partial charge in [0.1, 0.15) is 0 Å². The molecular weight excluding hydrogens is 332 g/mol. The molecule has 3 aliphatic heterocycles. The minimum atomic E-state index is -3.19. The van der Waals surface area contributed by atoms with E-state index < -0.39 is 9.84 Å². The number of urea groups is 1. The molecule has 8 nitrogen and oxygen atoms in total. The van der Waals surface area contributed by atoms with Gasteiger partial charge in [-0.15, -0.1) is 0 Å². The lowest BCUT2D eigenvalue weighted by Gasteiger charge is -2.44. The fraction of sp³-hybridized carbons (Fsp3) is 0.867. The van der Waals surface area contributed by atoms with E-state index in [-0.39, 0.29) is 42.1 Å². The van der Waals surface area contributed by atoms with Crippen molar-refractivity contribution >= 4 is 21.8 Å². The first-order valence-electron chi connectivity index (χ1n) is 8.49. The minimum Gasteiger partial charge on any atom is -0.348 e. The Morgan fingerprint density at radius 1 is 1.00 bits per heavy atom. The van der Waals surface area contributed by atoms with Crippen LogP contribution in [0, 0.1) is 0 Å². The molecule has 2 atom stereocenters. The van der Waals surface area contributed by atoms with Crippen LogP contribution in [0.15, 0.2) is 0 Å². The highest BCUT2D eigenvalue weighted by atomic mass is 32.2. The fourth-order valence-electron chi connectivity index (χ4n) is 3.86. The van der Waals surface area contributed by atoms with Crippen LogP contribution in [0.1, 0.15) is 12.8 Å². The number of carbonyl (C=O) groups excluding carboxylic acids is 2. The first-order valence-corrected chi connectivity index (χ1v) is 10.3. The number of hydrogen-bond donors (Lipinski definition) is 0. The molecular formula is C15H26N4O4S. The van der Waals surface area contributed by atoms with Crippen molar-refractivity contribution in [3.63, 3.8) is 0 Å². The van der Waals surface area contributed by atoms with Crippen molar-refractivity contribution in [1.29, 1.82) is 0 Å². The molecule has 24 heavy (non-hydrogen) atoms. The van der Waals surface area contributed by atoms with E-state index in [0.29, 0.717) is 13.1 Å². The molecule has 3 aliphatic rings. The van der Waals surface area contributed by atoms with Crippen molar-refractivity contribution in [3.05, 3.63) is 0 Å². The van der Waals surface area contributed by atoms with Gasteiger partial charge in [-0.2, -0.15) is 0 Å². The second kappa shape index (κ2) is 6.51. The largest absolute Gasteiger partial charge is 0.348 e. The number of piperazine rings is 1. The van der Waals surface area contributed by atoms with E-state index in [1.165, 1.54) is 4.90 Å². The number of likely N-dealkylation sites (tertiary alicyclic amines) is 1. The Hall–Kier alpha value is -1.35. The maximum Gasteiger partial charge on any atom is 0.320 e. The topological polar surface area (TPSA) is 81.2 Å². The molecule has 0 unspecified atom stereocenters. The van der Waals surface area contributed by atoms with Crippen LogP contribution in [0.5, 0.6) is 0 Å². The number of amides is 3. The molecule has 3 fully saturated rings. The molecule has 0 saturated carbocycles. The number of carbonyl (C=O) groups is 2.